The van der Waals surface area contributed by atoms with Crippen LogP contribution in [0.5, 0.6) is 0 Å². The summed E-state index contributed by atoms with van der Waals surface area (Å²) in [5.41, 5.74) is 14.3. The molecular formula is C10H13N3. The minimum absolute atomic E-state index is 0.139. The lowest BCUT2D eigenvalue weighted by atomic mass is 10.1. The standard InChI is InChI=1S/C10H13N3/c11-10(12)13-9-6-2-4-7-3-1-5-8(7)9/h2,4,6H,1,3,5H2,(H4,11,12,13). The third kappa shape index (κ3) is 1.49. The summed E-state index contributed by atoms with van der Waals surface area (Å²) in [7, 11) is 0. The number of guanidine groups is 1. The fraction of sp³-hybridized carbons (Fsp3) is 0.300. The first kappa shape index (κ1) is 8.10. The molecule has 0 fully saturated rings. The molecule has 4 N–H and O–H groups in total. The van der Waals surface area contributed by atoms with Gasteiger partial charge >= 0.3 is 0 Å². The highest BCUT2D eigenvalue weighted by atomic mass is 15.0. The molecule has 0 aliphatic heterocycles. The zero-order valence-corrected chi connectivity index (χ0v) is 7.46. The first-order valence-corrected chi connectivity index (χ1v) is 4.48. The van der Waals surface area contributed by atoms with Gasteiger partial charge in [-0.15, -0.1) is 0 Å². The van der Waals surface area contributed by atoms with E-state index in [4.69, 9.17) is 11.5 Å². The van der Waals surface area contributed by atoms with Crippen LogP contribution in [0.25, 0.3) is 0 Å². The molecule has 1 aliphatic rings. The zero-order valence-electron chi connectivity index (χ0n) is 7.46. The van der Waals surface area contributed by atoms with E-state index in [-0.39, 0.29) is 5.96 Å². The van der Waals surface area contributed by atoms with E-state index >= 15 is 0 Å². The van der Waals surface area contributed by atoms with Crippen LogP contribution in [0, 0.1) is 0 Å². The van der Waals surface area contributed by atoms with Crippen molar-refractivity contribution < 1.29 is 0 Å². The van der Waals surface area contributed by atoms with Gasteiger partial charge in [0.05, 0.1) is 5.69 Å². The van der Waals surface area contributed by atoms with Crippen LogP contribution < -0.4 is 11.5 Å². The van der Waals surface area contributed by atoms with E-state index in [1.54, 1.807) is 0 Å². The molecule has 13 heavy (non-hydrogen) atoms. The van der Waals surface area contributed by atoms with E-state index < -0.39 is 0 Å². The Labute approximate surface area is 77.5 Å². The average Bonchev–Trinajstić information content (AvgIpc) is 2.51. The maximum Gasteiger partial charge on any atom is 0.191 e. The Hall–Kier alpha value is -1.51. The smallest absolute Gasteiger partial charge is 0.191 e. The normalized spacial score (nSPS) is 13.8. The van der Waals surface area contributed by atoms with Crippen molar-refractivity contribution >= 4 is 11.6 Å². The molecule has 0 saturated carbocycles. The summed E-state index contributed by atoms with van der Waals surface area (Å²) in [4.78, 5) is 4.10. The van der Waals surface area contributed by atoms with Crippen molar-refractivity contribution in [2.45, 2.75) is 19.3 Å². The van der Waals surface area contributed by atoms with Crippen molar-refractivity contribution in [2.75, 3.05) is 0 Å². The molecule has 0 spiro atoms. The van der Waals surface area contributed by atoms with Gasteiger partial charge in [0.2, 0.25) is 0 Å². The molecule has 68 valence electrons. The summed E-state index contributed by atoms with van der Waals surface area (Å²) in [6.45, 7) is 0. The number of fused-ring (bicyclic) bond motifs is 1. The van der Waals surface area contributed by atoms with Gasteiger partial charge in [-0.3, -0.25) is 0 Å². The zero-order chi connectivity index (χ0) is 9.26. The van der Waals surface area contributed by atoms with Crippen LogP contribution in [0.3, 0.4) is 0 Å². The maximum absolute atomic E-state index is 5.35. The maximum atomic E-state index is 5.35. The highest BCUT2D eigenvalue weighted by Gasteiger charge is 2.13. The van der Waals surface area contributed by atoms with Gasteiger partial charge in [-0.25, -0.2) is 4.99 Å². The Morgan fingerprint density at radius 2 is 2.08 bits per heavy atom. The van der Waals surface area contributed by atoms with Gasteiger partial charge in [0.1, 0.15) is 0 Å². The minimum atomic E-state index is 0.139. The predicted octanol–water partition coefficient (Wildman–Crippen LogP) is 1.08. The van der Waals surface area contributed by atoms with Crippen LogP contribution in [0.1, 0.15) is 17.5 Å². The molecule has 1 aromatic rings. The van der Waals surface area contributed by atoms with Crippen molar-refractivity contribution in [3.63, 3.8) is 0 Å². The lowest BCUT2D eigenvalue weighted by Gasteiger charge is -2.02. The molecule has 0 radical (unpaired) electrons. The molecule has 1 aromatic carbocycles. The van der Waals surface area contributed by atoms with Crippen molar-refractivity contribution in [1.82, 2.24) is 0 Å². The van der Waals surface area contributed by atoms with Crippen molar-refractivity contribution in [1.29, 1.82) is 0 Å². The van der Waals surface area contributed by atoms with Crippen molar-refractivity contribution in [3.8, 4) is 0 Å². The number of aliphatic imine (C=N–C) groups is 1. The number of rotatable bonds is 1. The SMILES string of the molecule is NC(N)=Nc1cccc2c1CCC2. The third-order valence-corrected chi connectivity index (χ3v) is 2.37. The summed E-state index contributed by atoms with van der Waals surface area (Å²) in [6, 6.07) is 6.11. The molecule has 1 aliphatic carbocycles. The van der Waals surface area contributed by atoms with E-state index in [0.717, 1.165) is 18.5 Å². The lowest BCUT2D eigenvalue weighted by Crippen LogP contribution is -2.22. The first-order chi connectivity index (χ1) is 6.27. The summed E-state index contributed by atoms with van der Waals surface area (Å²) in [5.74, 6) is 0.139. The Kier molecular flexibility index (Phi) is 1.93. The molecule has 0 aromatic heterocycles. The molecule has 0 saturated heterocycles. The van der Waals surface area contributed by atoms with Gasteiger partial charge in [-0.05, 0) is 36.5 Å². The fourth-order valence-electron chi connectivity index (χ4n) is 1.84. The van der Waals surface area contributed by atoms with E-state index in [0.29, 0.717) is 0 Å². The molecule has 0 bridgehead atoms. The Morgan fingerprint density at radius 3 is 2.85 bits per heavy atom. The molecule has 0 unspecified atom stereocenters. The van der Waals surface area contributed by atoms with Gasteiger partial charge in [0.15, 0.2) is 5.96 Å². The van der Waals surface area contributed by atoms with Crippen LogP contribution in [-0.2, 0) is 12.8 Å². The van der Waals surface area contributed by atoms with Gasteiger partial charge in [0.25, 0.3) is 0 Å². The fourth-order valence-corrected chi connectivity index (χ4v) is 1.84. The van der Waals surface area contributed by atoms with Crippen LogP contribution in [-0.4, -0.2) is 5.96 Å². The van der Waals surface area contributed by atoms with Crippen molar-refractivity contribution in [2.24, 2.45) is 16.5 Å². The van der Waals surface area contributed by atoms with Crippen LogP contribution in [0.15, 0.2) is 23.2 Å². The highest BCUT2D eigenvalue weighted by Crippen LogP contribution is 2.30. The molecule has 2 rings (SSSR count). The van der Waals surface area contributed by atoms with Gasteiger partial charge in [0, 0.05) is 0 Å². The number of nitrogens with zero attached hydrogens (tertiary/aromatic N) is 1. The molecule has 0 amide bonds. The minimum Gasteiger partial charge on any atom is -0.370 e. The Morgan fingerprint density at radius 1 is 1.23 bits per heavy atom. The Bertz CT molecular complexity index is 351. The first-order valence-electron chi connectivity index (χ1n) is 4.48. The number of benzene rings is 1. The summed E-state index contributed by atoms with van der Waals surface area (Å²) < 4.78 is 0. The van der Waals surface area contributed by atoms with Crippen LogP contribution in [0.4, 0.5) is 5.69 Å². The third-order valence-electron chi connectivity index (χ3n) is 2.37. The highest BCUT2D eigenvalue weighted by molar-refractivity contribution is 5.79. The second kappa shape index (κ2) is 3.09. The Balaban J connectivity index is 2.47. The summed E-state index contributed by atoms with van der Waals surface area (Å²) in [6.07, 6.45) is 3.47. The van der Waals surface area contributed by atoms with Crippen LogP contribution in [0.2, 0.25) is 0 Å². The van der Waals surface area contributed by atoms with E-state index in [1.165, 1.54) is 17.5 Å². The predicted molar refractivity (Wildman–Crippen MR) is 53.9 cm³/mol. The number of hydrogen-bond donors (Lipinski definition) is 2. The molecular weight excluding hydrogens is 162 g/mol. The topological polar surface area (TPSA) is 64.4 Å². The second-order valence-corrected chi connectivity index (χ2v) is 3.31. The van der Waals surface area contributed by atoms with E-state index in [9.17, 15) is 0 Å². The van der Waals surface area contributed by atoms with Crippen LogP contribution >= 0.6 is 0 Å². The molecule has 0 heterocycles. The largest absolute Gasteiger partial charge is 0.370 e. The monoisotopic (exact) mass is 175 g/mol. The summed E-state index contributed by atoms with van der Waals surface area (Å²) in [5, 5.41) is 0. The van der Waals surface area contributed by atoms with Gasteiger partial charge in [-0.2, -0.15) is 0 Å². The van der Waals surface area contributed by atoms with Gasteiger partial charge in [-0.1, -0.05) is 12.1 Å². The number of hydrogen-bond acceptors (Lipinski definition) is 1. The summed E-state index contributed by atoms with van der Waals surface area (Å²) >= 11 is 0. The average molecular weight is 175 g/mol. The lowest BCUT2D eigenvalue weighted by molar-refractivity contribution is 0.911. The molecule has 3 nitrogen and oxygen atoms in total. The van der Waals surface area contributed by atoms with E-state index in [2.05, 4.69) is 11.1 Å². The molecule has 0 atom stereocenters. The second-order valence-electron chi connectivity index (χ2n) is 3.31. The number of nitrogens with two attached hydrogens (primary N) is 2. The van der Waals surface area contributed by atoms with E-state index in [1.807, 2.05) is 12.1 Å². The van der Waals surface area contributed by atoms with Gasteiger partial charge < -0.3 is 11.5 Å². The molecule has 3 heteroatoms. The quantitative estimate of drug-likeness (QED) is 0.495. The van der Waals surface area contributed by atoms with Crippen molar-refractivity contribution in [3.05, 3.63) is 29.3 Å². The number of aryl methyl sites for hydroxylation is 1.